The Labute approximate surface area is 69.2 Å². The number of fused-ring (bicyclic) bond motifs is 1. The van der Waals surface area contributed by atoms with Crippen LogP contribution in [0.5, 0.6) is 0 Å². The van der Waals surface area contributed by atoms with Gasteiger partial charge in [0, 0.05) is 11.5 Å². The van der Waals surface area contributed by atoms with Crippen LogP contribution in [0.3, 0.4) is 0 Å². The van der Waals surface area contributed by atoms with Crippen LogP contribution in [0.25, 0.3) is 11.0 Å². The average molecular weight is 158 g/mol. The summed E-state index contributed by atoms with van der Waals surface area (Å²) >= 11 is 0. The summed E-state index contributed by atoms with van der Waals surface area (Å²) in [7, 11) is 0. The number of nitriles is 1. The van der Waals surface area contributed by atoms with E-state index >= 15 is 0 Å². The number of benzene rings is 1. The second-order valence-corrected chi connectivity index (χ2v) is 2.59. The molecule has 0 atom stereocenters. The summed E-state index contributed by atoms with van der Waals surface area (Å²) in [5.41, 5.74) is 2.12. The molecule has 2 aromatic rings. The Kier molecular flexibility index (Phi) is 1.34. The van der Waals surface area contributed by atoms with Crippen LogP contribution in [-0.4, -0.2) is 5.16 Å². The number of hydrogen-bond donors (Lipinski definition) is 0. The molecule has 0 N–H and O–H groups in total. The second kappa shape index (κ2) is 2.35. The zero-order valence-corrected chi connectivity index (χ0v) is 6.53. The van der Waals surface area contributed by atoms with Gasteiger partial charge in [-0.05, 0) is 19.1 Å². The van der Waals surface area contributed by atoms with Crippen molar-refractivity contribution in [3.05, 3.63) is 29.5 Å². The van der Waals surface area contributed by atoms with Crippen molar-refractivity contribution in [2.75, 3.05) is 0 Å². The topological polar surface area (TPSA) is 49.8 Å². The lowest BCUT2D eigenvalue weighted by atomic mass is 10.1. The highest BCUT2D eigenvalue weighted by Gasteiger charge is 2.03. The van der Waals surface area contributed by atoms with E-state index in [9.17, 15) is 0 Å². The Morgan fingerprint density at radius 1 is 1.50 bits per heavy atom. The van der Waals surface area contributed by atoms with Gasteiger partial charge in [-0.25, -0.2) is 0 Å². The first-order valence-corrected chi connectivity index (χ1v) is 3.57. The van der Waals surface area contributed by atoms with Crippen molar-refractivity contribution in [3.8, 4) is 6.07 Å². The van der Waals surface area contributed by atoms with Gasteiger partial charge in [0.25, 0.3) is 0 Å². The monoisotopic (exact) mass is 158 g/mol. The number of hydrogen-bond acceptors (Lipinski definition) is 3. The molecule has 3 heteroatoms. The molecular formula is C9H6N2O. The van der Waals surface area contributed by atoms with E-state index in [1.54, 1.807) is 12.1 Å². The summed E-state index contributed by atoms with van der Waals surface area (Å²) in [6.45, 7) is 1.87. The van der Waals surface area contributed by atoms with E-state index in [0.717, 1.165) is 11.1 Å². The normalized spacial score (nSPS) is 10.0. The highest BCUT2D eigenvalue weighted by molar-refractivity contribution is 5.80. The van der Waals surface area contributed by atoms with Crippen molar-refractivity contribution in [1.82, 2.24) is 5.16 Å². The van der Waals surface area contributed by atoms with E-state index in [0.29, 0.717) is 11.1 Å². The third kappa shape index (κ3) is 0.857. The zero-order chi connectivity index (χ0) is 8.55. The first kappa shape index (κ1) is 6.86. The maximum atomic E-state index is 8.59. The summed E-state index contributed by atoms with van der Waals surface area (Å²) in [5.74, 6) is 0. The van der Waals surface area contributed by atoms with Crippen molar-refractivity contribution in [1.29, 1.82) is 5.26 Å². The molecule has 0 saturated carbocycles. The Morgan fingerprint density at radius 3 is 3.08 bits per heavy atom. The fourth-order valence-corrected chi connectivity index (χ4v) is 1.13. The van der Waals surface area contributed by atoms with Crippen molar-refractivity contribution >= 4 is 11.0 Å². The molecule has 0 aliphatic carbocycles. The van der Waals surface area contributed by atoms with Gasteiger partial charge in [0.05, 0.1) is 17.3 Å². The average Bonchev–Trinajstić information content (AvgIpc) is 2.47. The molecule has 0 radical (unpaired) electrons. The summed E-state index contributed by atoms with van der Waals surface area (Å²) in [6.07, 6.45) is 0. The smallest absolute Gasteiger partial charge is 0.168 e. The summed E-state index contributed by atoms with van der Waals surface area (Å²) < 4.78 is 4.99. The Morgan fingerprint density at radius 2 is 2.33 bits per heavy atom. The van der Waals surface area contributed by atoms with Gasteiger partial charge < -0.3 is 4.52 Å². The lowest BCUT2D eigenvalue weighted by Gasteiger charge is -1.87. The molecule has 1 heterocycles. The third-order valence-electron chi connectivity index (χ3n) is 1.78. The van der Waals surface area contributed by atoms with Crippen LogP contribution >= 0.6 is 0 Å². The molecule has 58 valence electrons. The molecule has 0 spiro atoms. The van der Waals surface area contributed by atoms with Crippen LogP contribution in [0, 0.1) is 18.3 Å². The van der Waals surface area contributed by atoms with Gasteiger partial charge >= 0.3 is 0 Å². The molecule has 0 aliphatic rings. The van der Waals surface area contributed by atoms with E-state index in [1.165, 1.54) is 0 Å². The van der Waals surface area contributed by atoms with Crippen LogP contribution in [0.4, 0.5) is 0 Å². The van der Waals surface area contributed by atoms with Gasteiger partial charge in [-0.2, -0.15) is 5.26 Å². The molecule has 3 nitrogen and oxygen atoms in total. The molecule has 2 rings (SSSR count). The van der Waals surface area contributed by atoms with E-state index in [1.807, 2.05) is 19.1 Å². The third-order valence-corrected chi connectivity index (χ3v) is 1.78. The summed E-state index contributed by atoms with van der Waals surface area (Å²) in [4.78, 5) is 0. The molecule has 1 aromatic carbocycles. The standard InChI is InChI=1S/C9H6N2O/c1-6-8-3-2-7(5-10)4-9(8)12-11-6/h2-4H,1H3. The second-order valence-electron chi connectivity index (χ2n) is 2.59. The highest BCUT2D eigenvalue weighted by atomic mass is 16.5. The molecule has 12 heavy (non-hydrogen) atoms. The minimum Gasteiger partial charge on any atom is -0.356 e. The fourth-order valence-electron chi connectivity index (χ4n) is 1.13. The van der Waals surface area contributed by atoms with Crippen LogP contribution in [0.2, 0.25) is 0 Å². The van der Waals surface area contributed by atoms with E-state index < -0.39 is 0 Å². The SMILES string of the molecule is Cc1noc2cc(C#N)ccc12. The van der Waals surface area contributed by atoms with Crippen molar-refractivity contribution in [2.45, 2.75) is 6.92 Å². The van der Waals surface area contributed by atoms with Crippen molar-refractivity contribution in [2.24, 2.45) is 0 Å². The minimum atomic E-state index is 0.596. The quantitative estimate of drug-likeness (QED) is 0.589. The molecule has 0 saturated heterocycles. The Balaban J connectivity index is 2.80. The molecule has 1 aromatic heterocycles. The predicted octanol–water partition coefficient (Wildman–Crippen LogP) is 2.01. The van der Waals surface area contributed by atoms with E-state index in [4.69, 9.17) is 9.78 Å². The molecule has 0 bridgehead atoms. The first-order valence-electron chi connectivity index (χ1n) is 3.57. The van der Waals surface area contributed by atoms with Gasteiger partial charge in [-0.3, -0.25) is 0 Å². The van der Waals surface area contributed by atoms with Gasteiger partial charge in [-0.1, -0.05) is 5.16 Å². The van der Waals surface area contributed by atoms with Gasteiger partial charge in [0.1, 0.15) is 0 Å². The highest BCUT2D eigenvalue weighted by Crippen LogP contribution is 2.18. The maximum Gasteiger partial charge on any atom is 0.168 e. The lowest BCUT2D eigenvalue weighted by molar-refractivity contribution is 0.450. The van der Waals surface area contributed by atoms with E-state index in [-0.39, 0.29) is 0 Å². The predicted molar refractivity (Wildman–Crippen MR) is 43.5 cm³/mol. The van der Waals surface area contributed by atoms with Crippen LogP contribution in [0.1, 0.15) is 11.3 Å². The molecule has 0 aliphatic heterocycles. The fraction of sp³-hybridized carbons (Fsp3) is 0.111. The maximum absolute atomic E-state index is 8.59. The van der Waals surface area contributed by atoms with Crippen LogP contribution < -0.4 is 0 Å². The van der Waals surface area contributed by atoms with Gasteiger partial charge in [0.15, 0.2) is 5.58 Å². The number of aromatic nitrogens is 1. The zero-order valence-electron chi connectivity index (χ0n) is 6.53. The Hall–Kier alpha value is -1.82. The summed E-state index contributed by atoms with van der Waals surface area (Å²) in [6, 6.07) is 7.33. The van der Waals surface area contributed by atoms with Crippen LogP contribution in [0.15, 0.2) is 22.7 Å². The lowest BCUT2D eigenvalue weighted by Crippen LogP contribution is -1.73. The molecule has 0 unspecified atom stereocenters. The van der Waals surface area contributed by atoms with Gasteiger partial charge in [-0.15, -0.1) is 0 Å². The summed E-state index contributed by atoms with van der Waals surface area (Å²) in [5, 5.41) is 13.3. The molecule has 0 amide bonds. The van der Waals surface area contributed by atoms with Crippen molar-refractivity contribution < 1.29 is 4.52 Å². The largest absolute Gasteiger partial charge is 0.356 e. The minimum absolute atomic E-state index is 0.596. The van der Waals surface area contributed by atoms with Crippen LogP contribution in [-0.2, 0) is 0 Å². The molecular weight excluding hydrogens is 152 g/mol. The van der Waals surface area contributed by atoms with Gasteiger partial charge in [0.2, 0.25) is 0 Å². The first-order chi connectivity index (χ1) is 5.81. The van der Waals surface area contributed by atoms with Crippen molar-refractivity contribution in [3.63, 3.8) is 0 Å². The number of aryl methyl sites for hydroxylation is 1. The van der Waals surface area contributed by atoms with E-state index in [2.05, 4.69) is 5.16 Å². The number of nitrogens with zero attached hydrogens (tertiary/aromatic N) is 2. The Bertz CT molecular complexity index is 465. The molecule has 0 fully saturated rings. The number of rotatable bonds is 0.